The number of ether oxygens (including phenoxy) is 1. The van der Waals surface area contributed by atoms with Crippen molar-refractivity contribution in [1.82, 2.24) is 9.97 Å². The third-order valence-electron chi connectivity index (χ3n) is 2.96. The topological polar surface area (TPSA) is 93.3 Å². The van der Waals surface area contributed by atoms with E-state index in [4.69, 9.17) is 13.6 Å². The summed E-state index contributed by atoms with van der Waals surface area (Å²) >= 11 is 0. The normalized spacial score (nSPS) is 12.0. The molecule has 0 amide bonds. The summed E-state index contributed by atoms with van der Waals surface area (Å²) in [5, 5.41) is 3.02. The molecule has 0 spiro atoms. The molecule has 0 unspecified atom stereocenters. The highest BCUT2D eigenvalue weighted by atomic mass is 16.5. The number of fused-ring (bicyclic) bond motifs is 1. The Morgan fingerprint density at radius 3 is 3.14 bits per heavy atom. The maximum Gasteiger partial charge on any atom is 0.417 e. The summed E-state index contributed by atoms with van der Waals surface area (Å²) in [6, 6.07) is 5.59. The SMILES string of the molecule is COC/C(C)=C\c1cnc(Nc2ccc3[nH]c(=O)oc3c2)o1. The predicted molar refractivity (Wildman–Crippen MR) is 82.1 cm³/mol. The lowest BCUT2D eigenvalue weighted by atomic mass is 10.3. The van der Waals surface area contributed by atoms with E-state index in [1.165, 1.54) is 0 Å². The molecule has 7 nitrogen and oxygen atoms in total. The average molecular weight is 301 g/mol. The number of oxazole rings is 2. The first-order valence-corrected chi connectivity index (χ1v) is 6.66. The van der Waals surface area contributed by atoms with Crippen LogP contribution in [0.1, 0.15) is 12.7 Å². The van der Waals surface area contributed by atoms with Crippen molar-refractivity contribution in [1.29, 1.82) is 0 Å². The molecule has 2 heterocycles. The van der Waals surface area contributed by atoms with Crippen LogP contribution in [0.4, 0.5) is 11.7 Å². The first-order valence-electron chi connectivity index (χ1n) is 6.66. The standard InChI is InChI=1S/C15H15N3O4/c1-9(8-20-2)5-11-7-16-14(21-11)17-10-3-4-12-13(6-10)22-15(19)18-12/h3-7H,8H2,1-2H3,(H,16,17)(H,18,19)/b9-5-. The van der Waals surface area contributed by atoms with Crippen molar-refractivity contribution < 1.29 is 13.6 Å². The van der Waals surface area contributed by atoms with Crippen LogP contribution >= 0.6 is 0 Å². The minimum absolute atomic E-state index is 0.355. The lowest BCUT2D eigenvalue weighted by Gasteiger charge is -2.00. The van der Waals surface area contributed by atoms with Gasteiger partial charge in [0.15, 0.2) is 5.58 Å². The fourth-order valence-electron chi connectivity index (χ4n) is 2.07. The average Bonchev–Trinajstić information content (AvgIpc) is 3.04. The van der Waals surface area contributed by atoms with Crippen LogP contribution in [0.5, 0.6) is 0 Å². The predicted octanol–water partition coefficient (Wildman–Crippen LogP) is 2.90. The van der Waals surface area contributed by atoms with Crippen LogP contribution < -0.4 is 11.1 Å². The van der Waals surface area contributed by atoms with Gasteiger partial charge in [0.25, 0.3) is 6.01 Å². The molecule has 114 valence electrons. The molecule has 0 atom stereocenters. The summed E-state index contributed by atoms with van der Waals surface area (Å²) in [7, 11) is 1.64. The summed E-state index contributed by atoms with van der Waals surface area (Å²) in [5.41, 5.74) is 2.85. The zero-order chi connectivity index (χ0) is 15.5. The Morgan fingerprint density at radius 2 is 2.32 bits per heavy atom. The van der Waals surface area contributed by atoms with Gasteiger partial charge in [-0.1, -0.05) is 0 Å². The second-order valence-electron chi connectivity index (χ2n) is 4.84. The van der Waals surface area contributed by atoms with Gasteiger partial charge in [0.2, 0.25) is 0 Å². The summed E-state index contributed by atoms with van der Waals surface area (Å²) < 4.78 is 15.6. The third-order valence-corrected chi connectivity index (χ3v) is 2.96. The lowest BCUT2D eigenvalue weighted by molar-refractivity contribution is 0.226. The van der Waals surface area contributed by atoms with Crippen LogP contribution in [0, 0.1) is 0 Å². The number of methoxy groups -OCH3 is 1. The van der Waals surface area contributed by atoms with E-state index in [9.17, 15) is 4.79 Å². The van der Waals surface area contributed by atoms with E-state index < -0.39 is 5.76 Å². The van der Waals surface area contributed by atoms with E-state index in [2.05, 4.69) is 15.3 Å². The minimum atomic E-state index is -0.482. The number of rotatable bonds is 5. The first-order chi connectivity index (χ1) is 10.6. The van der Waals surface area contributed by atoms with E-state index >= 15 is 0 Å². The highest BCUT2D eigenvalue weighted by Crippen LogP contribution is 2.21. The summed E-state index contributed by atoms with van der Waals surface area (Å²) in [4.78, 5) is 17.9. The van der Waals surface area contributed by atoms with Gasteiger partial charge in [-0.2, -0.15) is 0 Å². The van der Waals surface area contributed by atoms with Crippen molar-refractivity contribution in [2.24, 2.45) is 0 Å². The van der Waals surface area contributed by atoms with E-state index in [1.54, 1.807) is 31.5 Å². The van der Waals surface area contributed by atoms with Crippen molar-refractivity contribution >= 4 is 28.9 Å². The van der Waals surface area contributed by atoms with Gasteiger partial charge in [-0.15, -0.1) is 0 Å². The second kappa shape index (κ2) is 5.90. The minimum Gasteiger partial charge on any atom is -0.424 e. The Hall–Kier alpha value is -2.80. The van der Waals surface area contributed by atoms with Crippen LogP contribution in [0.3, 0.4) is 0 Å². The molecule has 2 aromatic heterocycles. The number of nitrogens with one attached hydrogen (secondary N) is 2. The number of anilines is 2. The second-order valence-corrected chi connectivity index (χ2v) is 4.84. The van der Waals surface area contributed by atoms with E-state index in [1.807, 2.05) is 13.0 Å². The van der Waals surface area contributed by atoms with E-state index in [-0.39, 0.29) is 0 Å². The van der Waals surface area contributed by atoms with Crippen molar-refractivity contribution in [3.8, 4) is 0 Å². The highest BCUT2D eigenvalue weighted by Gasteiger charge is 2.06. The summed E-state index contributed by atoms with van der Waals surface area (Å²) in [5.74, 6) is 0.149. The molecule has 22 heavy (non-hydrogen) atoms. The van der Waals surface area contributed by atoms with Gasteiger partial charge in [-0.05, 0) is 30.7 Å². The maximum absolute atomic E-state index is 11.1. The molecular formula is C15H15N3O4. The molecule has 0 saturated carbocycles. The third kappa shape index (κ3) is 3.09. The molecular weight excluding hydrogens is 286 g/mol. The number of hydrogen-bond acceptors (Lipinski definition) is 6. The molecule has 0 radical (unpaired) electrons. The molecule has 0 aliphatic heterocycles. The van der Waals surface area contributed by atoms with E-state index in [0.29, 0.717) is 35.2 Å². The molecule has 0 aliphatic rings. The molecule has 0 bridgehead atoms. The van der Waals surface area contributed by atoms with Gasteiger partial charge in [-0.25, -0.2) is 9.78 Å². The number of nitrogens with zero attached hydrogens (tertiary/aromatic N) is 1. The largest absolute Gasteiger partial charge is 0.424 e. The molecule has 3 rings (SSSR count). The van der Waals surface area contributed by atoms with E-state index in [0.717, 1.165) is 5.57 Å². The number of hydrogen-bond donors (Lipinski definition) is 2. The summed E-state index contributed by atoms with van der Waals surface area (Å²) in [6.07, 6.45) is 3.48. The number of aromatic amines is 1. The monoisotopic (exact) mass is 301 g/mol. The Bertz CT molecular complexity index is 872. The lowest BCUT2D eigenvalue weighted by Crippen LogP contribution is -1.92. The highest BCUT2D eigenvalue weighted by molar-refractivity contribution is 5.77. The van der Waals surface area contributed by atoms with Gasteiger partial charge in [0.1, 0.15) is 5.76 Å². The van der Waals surface area contributed by atoms with Crippen LogP contribution in [-0.4, -0.2) is 23.7 Å². The van der Waals surface area contributed by atoms with Gasteiger partial charge < -0.3 is 18.9 Å². The maximum atomic E-state index is 11.1. The smallest absolute Gasteiger partial charge is 0.417 e. The number of benzene rings is 1. The molecule has 2 N–H and O–H groups in total. The molecule has 0 aliphatic carbocycles. The molecule has 0 fully saturated rings. The Balaban J connectivity index is 1.78. The van der Waals surface area contributed by atoms with Crippen LogP contribution in [0.2, 0.25) is 0 Å². The Kier molecular flexibility index (Phi) is 3.80. The molecule has 0 saturated heterocycles. The van der Waals surface area contributed by atoms with Gasteiger partial charge in [0, 0.05) is 18.9 Å². The van der Waals surface area contributed by atoms with Crippen molar-refractivity contribution in [3.63, 3.8) is 0 Å². The van der Waals surface area contributed by atoms with Crippen molar-refractivity contribution in [3.05, 3.63) is 46.3 Å². The fraction of sp³-hybridized carbons (Fsp3) is 0.200. The van der Waals surface area contributed by atoms with Crippen LogP contribution in [-0.2, 0) is 4.74 Å². The Morgan fingerprint density at radius 1 is 1.45 bits per heavy atom. The van der Waals surface area contributed by atoms with Crippen molar-refractivity contribution in [2.75, 3.05) is 19.0 Å². The van der Waals surface area contributed by atoms with Gasteiger partial charge >= 0.3 is 5.76 Å². The Labute approximate surface area is 125 Å². The number of H-pyrrole nitrogens is 1. The fourth-order valence-corrected chi connectivity index (χ4v) is 2.07. The molecule has 7 heteroatoms. The first kappa shape index (κ1) is 14.2. The van der Waals surface area contributed by atoms with Crippen molar-refractivity contribution in [2.45, 2.75) is 6.92 Å². The van der Waals surface area contributed by atoms with Gasteiger partial charge in [-0.3, -0.25) is 4.98 Å². The van der Waals surface area contributed by atoms with Gasteiger partial charge in [0.05, 0.1) is 18.3 Å². The molecule has 1 aromatic carbocycles. The molecule has 3 aromatic rings. The zero-order valence-electron chi connectivity index (χ0n) is 12.2. The van der Waals surface area contributed by atoms with Crippen LogP contribution in [0.25, 0.3) is 17.2 Å². The number of aromatic nitrogens is 2. The summed E-state index contributed by atoms with van der Waals surface area (Å²) in [6.45, 7) is 2.48. The van der Waals surface area contributed by atoms with Crippen LogP contribution in [0.15, 0.2) is 43.6 Å². The quantitative estimate of drug-likeness (QED) is 0.752. The zero-order valence-corrected chi connectivity index (χ0v) is 12.2.